The number of anilines is 2. The van der Waals surface area contributed by atoms with E-state index < -0.39 is 5.97 Å². The Balaban J connectivity index is 1.84. The number of carbonyl (C=O) groups is 2. The summed E-state index contributed by atoms with van der Waals surface area (Å²) in [7, 11) is 2.84. The van der Waals surface area contributed by atoms with Gasteiger partial charge in [-0.2, -0.15) is 0 Å². The van der Waals surface area contributed by atoms with Crippen LogP contribution in [0.25, 0.3) is 0 Å². The van der Waals surface area contributed by atoms with Crippen LogP contribution in [-0.2, 0) is 9.53 Å². The molecule has 0 spiro atoms. The van der Waals surface area contributed by atoms with Gasteiger partial charge in [0.25, 0.3) is 0 Å². The molecule has 1 aliphatic heterocycles. The van der Waals surface area contributed by atoms with Gasteiger partial charge in [-0.15, -0.1) is 0 Å². The maximum Gasteiger partial charge on any atom is 0.341 e. The Kier molecular flexibility index (Phi) is 4.61. The summed E-state index contributed by atoms with van der Waals surface area (Å²) < 4.78 is 10.1. The molecule has 130 valence electrons. The van der Waals surface area contributed by atoms with Gasteiger partial charge < -0.3 is 20.1 Å². The van der Waals surface area contributed by atoms with Crippen LogP contribution in [0.15, 0.2) is 42.5 Å². The Hall–Kier alpha value is -3.02. The van der Waals surface area contributed by atoms with E-state index in [0.717, 1.165) is 11.3 Å². The number of rotatable bonds is 4. The number of ether oxygens (including phenoxy) is 2. The minimum atomic E-state index is -0.450. The summed E-state index contributed by atoms with van der Waals surface area (Å²) in [5, 5.41) is 0. The fraction of sp³-hybridized carbons (Fsp3) is 0.263. The fourth-order valence-corrected chi connectivity index (χ4v) is 3.07. The lowest BCUT2D eigenvalue weighted by Gasteiger charge is -2.17. The maximum atomic E-state index is 12.4. The van der Waals surface area contributed by atoms with E-state index in [1.807, 2.05) is 18.2 Å². The topological polar surface area (TPSA) is 81.9 Å². The van der Waals surface area contributed by atoms with Crippen molar-refractivity contribution in [2.24, 2.45) is 0 Å². The van der Waals surface area contributed by atoms with Gasteiger partial charge in [-0.3, -0.25) is 4.79 Å². The van der Waals surface area contributed by atoms with Crippen molar-refractivity contribution in [3.8, 4) is 5.75 Å². The van der Waals surface area contributed by atoms with Gasteiger partial charge >= 0.3 is 5.97 Å². The van der Waals surface area contributed by atoms with Gasteiger partial charge in [-0.1, -0.05) is 6.07 Å². The Morgan fingerprint density at radius 2 is 1.88 bits per heavy atom. The zero-order valence-corrected chi connectivity index (χ0v) is 14.2. The molecule has 1 unspecified atom stereocenters. The largest absolute Gasteiger partial charge is 0.496 e. The van der Waals surface area contributed by atoms with Crippen LogP contribution in [0.2, 0.25) is 0 Å². The third kappa shape index (κ3) is 3.28. The van der Waals surface area contributed by atoms with Gasteiger partial charge in [0.05, 0.1) is 14.2 Å². The molecule has 25 heavy (non-hydrogen) atoms. The fourth-order valence-electron chi connectivity index (χ4n) is 3.07. The van der Waals surface area contributed by atoms with Crippen molar-refractivity contribution in [2.45, 2.75) is 12.3 Å². The van der Waals surface area contributed by atoms with Gasteiger partial charge in [0.1, 0.15) is 11.3 Å². The number of hydrogen-bond acceptors (Lipinski definition) is 5. The zero-order valence-electron chi connectivity index (χ0n) is 14.2. The summed E-state index contributed by atoms with van der Waals surface area (Å²) in [6.07, 6.45) is 0.408. The van der Waals surface area contributed by atoms with Crippen molar-refractivity contribution in [3.63, 3.8) is 0 Å². The minimum absolute atomic E-state index is 0.0330. The van der Waals surface area contributed by atoms with Gasteiger partial charge in [-0.05, 0) is 42.0 Å². The van der Waals surface area contributed by atoms with Crippen molar-refractivity contribution >= 4 is 23.3 Å². The lowest BCUT2D eigenvalue weighted by atomic mass is 9.96. The first-order valence-corrected chi connectivity index (χ1v) is 7.95. The maximum absolute atomic E-state index is 12.4. The Morgan fingerprint density at radius 3 is 2.52 bits per heavy atom. The van der Waals surface area contributed by atoms with Crippen molar-refractivity contribution in [1.29, 1.82) is 0 Å². The highest BCUT2D eigenvalue weighted by Crippen LogP contribution is 2.34. The standard InChI is InChI=1S/C19H20N2O4/c1-24-17-9-12(3-8-16(17)19(23)25-2)13-10-18(22)21(11-13)15-6-4-14(20)5-7-15/h3-9,13H,10-11,20H2,1-2H3. The quantitative estimate of drug-likeness (QED) is 0.683. The highest BCUT2D eigenvalue weighted by molar-refractivity contribution is 5.97. The molecular weight excluding hydrogens is 320 g/mol. The lowest BCUT2D eigenvalue weighted by molar-refractivity contribution is -0.117. The first-order chi connectivity index (χ1) is 12.0. The molecule has 2 N–H and O–H groups in total. The monoisotopic (exact) mass is 340 g/mol. The molecule has 0 radical (unpaired) electrons. The number of methoxy groups -OCH3 is 2. The molecule has 1 atom stereocenters. The molecule has 0 saturated carbocycles. The lowest BCUT2D eigenvalue weighted by Crippen LogP contribution is -2.24. The van der Waals surface area contributed by atoms with E-state index in [9.17, 15) is 9.59 Å². The van der Waals surface area contributed by atoms with E-state index in [1.54, 1.807) is 29.2 Å². The third-order valence-corrected chi connectivity index (χ3v) is 4.43. The van der Waals surface area contributed by atoms with Crippen LogP contribution in [0.1, 0.15) is 28.3 Å². The van der Waals surface area contributed by atoms with Crippen LogP contribution in [0.5, 0.6) is 5.75 Å². The van der Waals surface area contributed by atoms with Crippen LogP contribution in [-0.4, -0.2) is 32.6 Å². The molecule has 0 aromatic heterocycles. The molecule has 6 heteroatoms. The molecule has 0 aliphatic carbocycles. The molecule has 1 amide bonds. The SMILES string of the molecule is COC(=O)c1ccc(C2CC(=O)N(c3ccc(N)cc3)C2)cc1OC. The Morgan fingerprint density at radius 1 is 1.16 bits per heavy atom. The summed E-state index contributed by atoms with van der Waals surface area (Å²) in [5.41, 5.74) is 8.52. The first-order valence-electron chi connectivity index (χ1n) is 7.95. The molecule has 0 bridgehead atoms. The smallest absolute Gasteiger partial charge is 0.341 e. The number of amides is 1. The van der Waals surface area contributed by atoms with E-state index in [4.69, 9.17) is 15.2 Å². The molecule has 2 aromatic rings. The third-order valence-electron chi connectivity index (χ3n) is 4.43. The highest BCUT2D eigenvalue weighted by Gasteiger charge is 2.32. The Bertz CT molecular complexity index is 802. The van der Waals surface area contributed by atoms with Crippen molar-refractivity contribution < 1.29 is 19.1 Å². The summed E-state index contributed by atoms with van der Waals surface area (Å²) >= 11 is 0. The summed E-state index contributed by atoms with van der Waals surface area (Å²) in [5.74, 6) is 0.0913. The second-order valence-electron chi connectivity index (χ2n) is 5.95. The van der Waals surface area contributed by atoms with Crippen LogP contribution in [0, 0.1) is 0 Å². The minimum Gasteiger partial charge on any atom is -0.496 e. The number of nitrogen functional groups attached to an aromatic ring is 1. The van der Waals surface area contributed by atoms with E-state index >= 15 is 0 Å². The molecule has 1 fully saturated rings. The van der Waals surface area contributed by atoms with Gasteiger partial charge in [0.2, 0.25) is 5.91 Å². The van der Waals surface area contributed by atoms with Crippen molar-refractivity contribution in [1.82, 2.24) is 0 Å². The molecule has 3 rings (SSSR count). The predicted octanol–water partition coefficient (Wildman–Crippen LogP) is 2.58. The number of carbonyl (C=O) groups excluding carboxylic acids is 2. The van der Waals surface area contributed by atoms with Crippen LogP contribution >= 0.6 is 0 Å². The Labute approximate surface area is 146 Å². The number of hydrogen-bond donors (Lipinski definition) is 1. The van der Waals surface area contributed by atoms with E-state index in [1.165, 1.54) is 14.2 Å². The number of nitrogens with zero attached hydrogens (tertiary/aromatic N) is 1. The summed E-state index contributed by atoms with van der Waals surface area (Å²) in [6, 6.07) is 12.6. The van der Waals surface area contributed by atoms with E-state index in [-0.39, 0.29) is 11.8 Å². The number of nitrogens with two attached hydrogens (primary N) is 1. The second kappa shape index (κ2) is 6.84. The molecule has 1 aliphatic rings. The zero-order chi connectivity index (χ0) is 18.0. The number of esters is 1. The molecule has 6 nitrogen and oxygen atoms in total. The molecular formula is C19H20N2O4. The van der Waals surface area contributed by atoms with Crippen molar-refractivity contribution in [2.75, 3.05) is 31.4 Å². The number of benzene rings is 2. The normalized spacial score (nSPS) is 16.8. The van der Waals surface area contributed by atoms with Crippen LogP contribution in [0.4, 0.5) is 11.4 Å². The van der Waals surface area contributed by atoms with Gasteiger partial charge in [-0.25, -0.2) is 4.79 Å². The molecule has 2 aromatic carbocycles. The average Bonchev–Trinajstić information content (AvgIpc) is 3.03. The second-order valence-corrected chi connectivity index (χ2v) is 5.95. The van der Waals surface area contributed by atoms with E-state index in [0.29, 0.717) is 30.0 Å². The average molecular weight is 340 g/mol. The summed E-state index contributed by atoms with van der Waals surface area (Å²) in [4.78, 5) is 25.9. The highest BCUT2D eigenvalue weighted by atomic mass is 16.5. The molecule has 1 saturated heterocycles. The predicted molar refractivity (Wildman–Crippen MR) is 94.9 cm³/mol. The van der Waals surface area contributed by atoms with Crippen molar-refractivity contribution in [3.05, 3.63) is 53.6 Å². The van der Waals surface area contributed by atoms with Gasteiger partial charge in [0.15, 0.2) is 0 Å². The first kappa shape index (κ1) is 16.8. The van der Waals surface area contributed by atoms with E-state index in [2.05, 4.69) is 0 Å². The van der Waals surface area contributed by atoms with Crippen LogP contribution < -0.4 is 15.4 Å². The summed E-state index contributed by atoms with van der Waals surface area (Å²) in [6.45, 7) is 0.573. The molecule has 1 heterocycles. The van der Waals surface area contributed by atoms with Crippen LogP contribution in [0.3, 0.4) is 0 Å². The van der Waals surface area contributed by atoms with Gasteiger partial charge in [0, 0.05) is 30.3 Å².